The fourth-order valence-corrected chi connectivity index (χ4v) is 3.18. The zero-order chi connectivity index (χ0) is 19.5. The largest absolute Gasteiger partial charge is 0.456 e. The number of rotatable bonds is 10. The van der Waals surface area contributed by atoms with Crippen LogP contribution in [0.2, 0.25) is 5.02 Å². The first kappa shape index (κ1) is 21.3. The van der Waals surface area contributed by atoms with E-state index in [0.29, 0.717) is 24.4 Å². The first-order valence-corrected chi connectivity index (χ1v) is 9.94. The van der Waals surface area contributed by atoms with Gasteiger partial charge in [-0.15, -0.1) is 11.8 Å². The summed E-state index contributed by atoms with van der Waals surface area (Å²) in [7, 11) is 0. The molecule has 1 amide bonds. The smallest absolute Gasteiger partial charge is 0.306 e. The van der Waals surface area contributed by atoms with Crippen LogP contribution in [0.25, 0.3) is 0 Å². The molecule has 0 saturated carbocycles. The van der Waals surface area contributed by atoms with Crippen molar-refractivity contribution < 1.29 is 18.7 Å². The number of hydrogen-bond acceptors (Lipinski definition) is 4. The van der Waals surface area contributed by atoms with E-state index in [2.05, 4.69) is 5.32 Å². The number of amides is 1. The highest BCUT2D eigenvalue weighted by molar-refractivity contribution is 7.99. The third kappa shape index (κ3) is 8.93. The molecule has 2 aromatic rings. The summed E-state index contributed by atoms with van der Waals surface area (Å²) in [4.78, 5) is 24.4. The predicted molar refractivity (Wildman–Crippen MR) is 105 cm³/mol. The van der Waals surface area contributed by atoms with Gasteiger partial charge in [-0.2, -0.15) is 0 Å². The highest BCUT2D eigenvalue weighted by atomic mass is 35.5. The highest BCUT2D eigenvalue weighted by Gasteiger charge is 2.07. The first-order chi connectivity index (χ1) is 13.0. The Balaban J connectivity index is 1.52. The monoisotopic (exact) mass is 409 g/mol. The molecule has 0 aromatic heterocycles. The quantitative estimate of drug-likeness (QED) is 0.362. The molecule has 27 heavy (non-hydrogen) atoms. The molecule has 0 unspecified atom stereocenters. The second-order valence-corrected chi connectivity index (χ2v) is 7.40. The van der Waals surface area contributed by atoms with Crippen molar-refractivity contribution in [2.45, 2.75) is 24.2 Å². The predicted octanol–water partition coefficient (Wildman–Crippen LogP) is 4.25. The number of halogens is 2. The second-order valence-electron chi connectivity index (χ2n) is 5.79. The molecule has 0 aliphatic carbocycles. The average molecular weight is 410 g/mol. The minimum Gasteiger partial charge on any atom is -0.456 e. The molecule has 0 bridgehead atoms. The first-order valence-electron chi connectivity index (χ1n) is 8.58. The summed E-state index contributed by atoms with van der Waals surface area (Å²) in [6, 6.07) is 13.6. The molecule has 0 aliphatic heterocycles. The number of ether oxygens (including phenoxy) is 1. The summed E-state index contributed by atoms with van der Waals surface area (Å²) < 4.78 is 17.8. The van der Waals surface area contributed by atoms with E-state index < -0.39 is 0 Å². The summed E-state index contributed by atoms with van der Waals surface area (Å²) in [6.45, 7) is 0.117. The maximum Gasteiger partial charge on any atom is 0.306 e. The fraction of sp³-hybridized carbons (Fsp3) is 0.300. The Morgan fingerprint density at radius 3 is 2.48 bits per heavy atom. The Bertz CT molecular complexity index is 738. The number of hydrogen-bond donors (Lipinski definition) is 1. The Hall–Kier alpha value is -2.05. The number of carbonyl (C=O) groups excluding carboxylic acids is 2. The maximum absolute atomic E-state index is 12.8. The van der Waals surface area contributed by atoms with Gasteiger partial charge in [0, 0.05) is 22.9 Å². The Morgan fingerprint density at radius 2 is 1.78 bits per heavy atom. The summed E-state index contributed by atoms with van der Waals surface area (Å²) in [5.41, 5.74) is 0.923. The van der Waals surface area contributed by atoms with Gasteiger partial charge in [-0.3, -0.25) is 9.59 Å². The molecule has 0 fully saturated rings. The van der Waals surface area contributed by atoms with E-state index in [1.807, 2.05) is 24.3 Å². The van der Waals surface area contributed by atoms with Crippen molar-refractivity contribution in [1.82, 2.24) is 5.32 Å². The maximum atomic E-state index is 12.8. The lowest BCUT2D eigenvalue weighted by Crippen LogP contribution is -2.30. The molecule has 0 aliphatic rings. The summed E-state index contributed by atoms with van der Waals surface area (Å²) in [5.74, 6) is -0.247. The van der Waals surface area contributed by atoms with Crippen molar-refractivity contribution in [3.63, 3.8) is 0 Å². The van der Waals surface area contributed by atoms with Crippen LogP contribution in [0, 0.1) is 5.82 Å². The van der Waals surface area contributed by atoms with Gasteiger partial charge < -0.3 is 10.1 Å². The van der Waals surface area contributed by atoms with Crippen molar-refractivity contribution in [2.75, 3.05) is 18.9 Å². The van der Waals surface area contributed by atoms with Crippen molar-refractivity contribution in [1.29, 1.82) is 0 Å². The lowest BCUT2D eigenvalue weighted by Gasteiger charge is -2.07. The van der Waals surface area contributed by atoms with Gasteiger partial charge in [0.05, 0.1) is 0 Å². The van der Waals surface area contributed by atoms with Crippen LogP contribution in [0.3, 0.4) is 0 Å². The zero-order valence-corrected chi connectivity index (χ0v) is 16.3. The summed E-state index contributed by atoms with van der Waals surface area (Å²) >= 11 is 7.46. The van der Waals surface area contributed by atoms with Gasteiger partial charge in [0.2, 0.25) is 0 Å². The third-order valence-electron chi connectivity index (χ3n) is 3.62. The lowest BCUT2D eigenvalue weighted by atomic mass is 10.1. The SMILES string of the molecule is O=C(COC(=O)CCCSc1ccc(Cl)cc1)NCCc1ccc(F)cc1. The molecule has 0 heterocycles. The topological polar surface area (TPSA) is 55.4 Å². The molecule has 2 aromatic carbocycles. The fourth-order valence-electron chi connectivity index (χ4n) is 2.20. The van der Waals surface area contributed by atoms with E-state index >= 15 is 0 Å². The summed E-state index contributed by atoms with van der Waals surface area (Å²) in [6.07, 6.45) is 1.52. The standard InChI is InChI=1S/C20H21ClFNO3S/c21-16-5-9-18(10-6-16)27-13-1-2-20(25)26-14-19(24)23-12-11-15-3-7-17(22)8-4-15/h3-10H,1-2,11-14H2,(H,23,24). The molecular formula is C20H21ClFNO3S. The van der Waals surface area contributed by atoms with E-state index in [0.717, 1.165) is 16.2 Å². The second kappa shape index (κ2) is 11.6. The van der Waals surface area contributed by atoms with Crippen LogP contribution in [0.4, 0.5) is 4.39 Å². The number of nitrogens with one attached hydrogen (secondary N) is 1. The van der Waals surface area contributed by atoms with Gasteiger partial charge >= 0.3 is 5.97 Å². The Morgan fingerprint density at radius 1 is 1.07 bits per heavy atom. The van der Waals surface area contributed by atoms with Gasteiger partial charge in [-0.25, -0.2) is 4.39 Å². The van der Waals surface area contributed by atoms with Crippen LogP contribution in [-0.2, 0) is 20.7 Å². The average Bonchev–Trinajstić information content (AvgIpc) is 2.66. The number of thioether (sulfide) groups is 1. The van der Waals surface area contributed by atoms with Gasteiger partial charge in [-0.05, 0) is 60.6 Å². The van der Waals surface area contributed by atoms with Crippen LogP contribution < -0.4 is 5.32 Å². The van der Waals surface area contributed by atoms with Crippen molar-refractivity contribution in [3.8, 4) is 0 Å². The van der Waals surface area contributed by atoms with E-state index in [1.165, 1.54) is 12.1 Å². The van der Waals surface area contributed by atoms with Crippen molar-refractivity contribution in [3.05, 3.63) is 64.9 Å². The summed E-state index contributed by atoms with van der Waals surface area (Å²) in [5, 5.41) is 3.36. The Kier molecular flexibility index (Phi) is 9.15. The minimum atomic E-state index is -0.389. The minimum absolute atomic E-state index is 0.267. The molecule has 0 spiro atoms. The van der Waals surface area contributed by atoms with E-state index in [4.69, 9.17) is 16.3 Å². The Labute approximate surface area is 167 Å². The van der Waals surface area contributed by atoms with Crippen molar-refractivity contribution >= 4 is 35.2 Å². The molecule has 0 radical (unpaired) electrons. The zero-order valence-electron chi connectivity index (χ0n) is 14.8. The number of esters is 1. The lowest BCUT2D eigenvalue weighted by molar-refractivity contribution is -0.148. The van der Waals surface area contributed by atoms with Crippen LogP contribution in [0.5, 0.6) is 0 Å². The molecule has 1 N–H and O–H groups in total. The molecule has 2 rings (SSSR count). The van der Waals surface area contributed by atoms with Crippen LogP contribution in [0.1, 0.15) is 18.4 Å². The normalized spacial score (nSPS) is 10.4. The molecule has 0 atom stereocenters. The van der Waals surface area contributed by atoms with E-state index in [-0.39, 0.29) is 30.7 Å². The number of benzene rings is 2. The molecule has 0 saturated heterocycles. The highest BCUT2D eigenvalue weighted by Crippen LogP contribution is 2.21. The van der Waals surface area contributed by atoms with Gasteiger partial charge in [0.25, 0.3) is 5.91 Å². The van der Waals surface area contributed by atoms with Gasteiger partial charge in [-0.1, -0.05) is 23.7 Å². The van der Waals surface area contributed by atoms with E-state index in [1.54, 1.807) is 23.9 Å². The van der Waals surface area contributed by atoms with Crippen LogP contribution >= 0.6 is 23.4 Å². The molecule has 7 heteroatoms. The molecule has 4 nitrogen and oxygen atoms in total. The van der Waals surface area contributed by atoms with Crippen molar-refractivity contribution in [2.24, 2.45) is 0 Å². The third-order valence-corrected chi connectivity index (χ3v) is 4.97. The number of carbonyl (C=O) groups is 2. The molecular weight excluding hydrogens is 389 g/mol. The van der Waals surface area contributed by atoms with E-state index in [9.17, 15) is 14.0 Å². The van der Waals surface area contributed by atoms with Crippen LogP contribution in [0.15, 0.2) is 53.4 Å². The molecule has 144 valence electrons. The van der Waals surface area contributed by atoms with Crippen LogP contribution in [-0.4, -0.2) is 30.8 Å². The van der Waals surface area contributed by atoms with Gasteiger partial charge in [0.1, 0.15) is 5.82 Å². The van der Waals surface area contributed by atoms with Gasteiger partial charge in [0.15, 0.2) is 6.61 Å².